The molecule has 0 saturated heterocycles. The molecule has 0 aliphatic heterocycles. The number of esters is 1. The van der Waals surface area contributed by atoms with Gasteiger partial charge in [-0.2, -0.15) is 0 Å². The second-order valence-electron chi connectivity index (χ2n) is 3.46. The fraction of sp³-hybridized carbons (Fsp3) is 0.727. The Labute approximate surface area is 91.2 Å². The maximum atomic E-state index is 11.1. The van der Waals surface area contributed by atoms with Crippen molar-refractivity contribution in [3.8, 4) is 0 Å². The van der Waals surface area contributed by atoms with Crippen LogP contribution in [0.25, 0.3) is 0 Å². The molecular formula is C11H20O4. The van der Waals surface area contributed by atoms with Crippen molar-refractivity contribution < 1.29 is 19.0 Å². The number of hydrogen-bond acceptors (Lipinski definition) is 4. The molecule has 15 heavy (non-hydrogen) atoms. The van der Waals surface area contributed by atoms with Gasteiger partial charge in [0.15, 0.2) is 6.29 Å². The summed E-state index contributed by atoms with van der Waals surface area (Å²) >= 11 is 0. The van der Waals surface area contributed by atoms with Crippen molar-refractivity contribution in [2.45, 2.75) is 26.1 Å². The highest BCUT2D eigenvalue weighted by atomic mass is 16.7. The van der Waals surface area contributed by atoms with E-state index in [9.17, 15) is 4.79 Å². The number of carbonyl (C=O) groups excluding carboxylic acids is 1. The maximum absolute atomic E-state index is 11.1. The van der Waals surface area contributed by atoms with E-state index in [0.29, 0.717) is 12.8 Å². The Balaban J connectivity index is 4.27. The van der Waals surface area contributed by atoms with Gasteiger partial charge in [-0.05, 0) is 12.8 Å². The lowest BCUT2D eigenvalue weighted by molar-refractivity contribution is -0.143. The third kappa shape index (κ3) is 5.54. The van der Waals surface area contributed by atoms with Gasteiger partial charge in [0.1, 0.15) is 0 Å². The van der Waals surface area contributed by atoms with Crippen LogP contribution in [-0.4, -0.2) is 33.6 Å². The van der Waals surface area contributed by atoms with Crippen LogP contribution in [0.4, 0.5) is 0 Å². The Morgan fingerprint density at radius 3 is 2.13 bits per heavy atom. The van der Waals surface area contributed by atoms with E-state index < -0.39 is 0 Å². The van der Waals surface area contributed by atoms with Gasteiger partial charge in [0.05, 0.1) is 13.5 Å². The molecule has 0 rings (SSSR count). The van der Waals surface area contributed by atoms with E-state index in [1.807, 2.05) is 6.92 Å². The lowest BCUT2D eigenvalue weighted by Gasteiger charge is -2.21. The molecular weight excluding hydrogens is 196 g/mol. The molecule has 0 aromatic rings. The molecule has 0 unspecified atom stereocenters. The average Bonchev–Trinajstić information content (AvgIpc) is 2.23. The van der Waals surface area contributed by atoms with Crippen molar-refractivity contribution in [2.24, 2.45) is 5.92 Å². The van der Waals surface area contributed by atoms with Gasteiger partial charge < -0.3 is 14.2 Å². The molecule has 0 radical (unpaired) electrons. The second kappa shape index (κ2) is 7.43. The first-order chi connectivity index (χ1) is 7.04. The molecule has 0 bridgehead atoms. The molecule has 0 aliphatic carbocycles. The second-order valence-corrected chi connectivity index (χ2v) is 3.46. The lowest BCUT2D eigenvalue weighted by Crippen LogP contribution is -2.21. The Morgan fingerprint density at radius 2 is 1.80 bits per heavy atom. The van der Waals surface area contributed by atoms with Crippen molar-refractivity contribution in [3.05, 3.63) is 12.2 Å². The van der Waals surface area contributed by atoms with Gasteiger partial charge in [-0.3, -0.25) is 4.79 Å². The molecule has 1 atom stereocenters. The van der Waals surface area contributed by atoms with E-state index in [0.717, 1.165) is 5.57 Å². The first-order valence-corrected chi connectivity index (χ1v) is 4.82. The molecule has 0 N–H and O–H groups in total. The molecule has 0 fully saturated rings. The Morgan fingerprint density at radius 1 is 1.27 bits per heavy atom. The van der Waals surface area contributed by atoms with Crippen molar-refractivity contribution in [3.63, 3.8) is 0 Å². The van der Waals surface area contributed by atoms with Crippen LogP contribution in [0.2, 0.25) is 0 Å². The van der Waals surface area contributed by atoms with Crippen molar-refractivity contribution >= 4 is 5.97 Å². The molecule has 0 aromatic carbocycles. The number of allylic oxidation sites excluding steroid dienone is 1. The minimum atomic E-state index is -0.309. The van der Waals surface area contributed by atoms with E-state index in [-0.39, 0.29) is 18.2 Å². The Hall–Kier alpha value is -0.870. The monoisotopic (exact) mass is 216 g/mol. The smallest absolute Gasteiger partial charge is 0.306 e. The predicted octanol–water partition coefficient (Wildman–Crippen LogP) is 1.75. The zero-order chi connectivity index (χ0) is 11.8. The molecule has 4 heteroatoms. The van der Waals surface area contributed by atoms with Gasteiger partial charge in [0.25, 0.3) is 0 Å². The number of ether oxygens (including phenoxy) is 3. The van der Waals surface area contributed by atoms with Crippen LogP contribution >= 0.6 is 0 Å². The normalized spacial score (nSPS) is 12.6. The zero-order valence-electron chi connectivity index (χ0n) is 9.91. The minimum Gasteiger partial charge on any atom is -0.469 e. The van der Waals surface area contributed by atoms with Crippen molar-refractivity contribution in [1.29, 1.82) is 0 Å². The lowest BCUT2D eigenvalue weighted by atomic mass is 9.94. The number of hydrogen-bond donors (Lipinski definition) is 0. The van der Waals surface area contributed by atoms with Crippen LogP contribution in [-0.2, 0) is 19.0 Å². The molecule has 4 nitrogen and oxygen atoms in total. The van der Waals surface area contributed by atoms with Crippen LogP contribution in [0.15, 0.2) is 12.2 Å². The highest BCUT2D eigenvalue weighted by Gasteiger charge is 2.19. The summed E-state index contributed by atoms with van der Waals surface area (Å²) in [6, 6.07) is 0. The van der Waals surface area contributed by atoms with E-state index >= 15 is 0 Å². The van der Waals surface area contributed by atoms with Crippen molar-refractivity contribution in [1.82, 2.24) is 0 Å². The van der Waals surface area contributed by atoms with Crippen molar-refractivity contribution in [2.75, 3.05) is 21.3 Å². The summed E-state index contributed by atoms with van der Waals surface area (Å²) in [5.41, 5.74) is 0.930. The van der Waals surface area contributed by atoms with Gasteiger partial charge in [0, 0.05) is 20.6 Å². The van der Waals surface area contributed by atoms with Gasteiger partial charge in [-0.1, -0.05) is 12.2 Å². The molecule has 0 spiro atoms. The fourth-order valence-electron chi connectivity index (χ4n) is 1.26. The van der Waals surface area contributed by atoms with E-state index in [4.69, 9.17) is 9.47 Å². The average molecular weight is 216 g/mol. The highest BCUT2D eigenvalue weighted by Crippen LogP contribution is 2.21. The van der Waals surface area contributed by atoms with E-state index in [1.54, 1.807) is 14.2 Å². The largest absolute Gasteiger partial charge is 0.469 e. The van der Waals surface area contributed by atoms with Gasteiger partial charge in [-0.15, -0.1) is 0 Å². The highest BCUT2D eigenvalue weighted by molar-refractivity contribution is 5.69. The van der Waals surface area contributed by atoms with Crippen LogP contribution in [0.5, 0.6) is 0 Å². The summed E-state index contributed by atoms with van der Waals surface area (Å²) in [5.74, 6) is -0.212. The third-order valence-electron chi connectivity index (χ3n) is 2.34. The Kier molecular flexibility index (Phi) is 6.99. The van der Waals surface area contributed by atoms with Gasteiger partial charge in [0.2, 0.25) is 0 Å². The number of methoxy groups -OCH3 is 3. The molecule has 88 valence electrons. The summed E-state index contributed by atoms with van der Waals surface area (Å²) in [7, 11) is 4.52. The third-order valence-corrected chi connectivity index (χ3v) is 2.34. The first-order valence-electron chi connectivity index (χ1n) is 4.82. The summed E-state index contributed by atoms with van der Waals surface area (Å²) in [6.45, 7) is 5.73. The summed E-state index contributed by atoms with van der Waals surface area (Å²) in [4.78, 5) is 11.1. The van der Waals surface area contributed by atoms with Gasteiger partial charge >= 0.3 is 5.97 Å². The maximum Gasteiger partial charge on any atom is 0.306 e. The van der Waals surface area contributed by atoms with E-state index in [2.05, 4.69) is 11.3 Å². The SMILES string of the molecule is C=C(C)[C@H](CC(=O)OC)CC(OC)OC. The summed E-state index contributed by atoms with van der Waals surface area (Å²) < 4.78 is 14.8. The van der Waals surface area contributed by atoms with E-state index in [1.165, 1.54) is 7.11 Å². The molecule has 0 heterocycles. The molecule has 0 aromatic heterocycles. The molecule has 0 saturated carbocycles. The predicted molar refractivity (Wildman–Crippen MR) is 57.4 cm³/mol. The standard InChI is InChI=1S/C11H20O4/c1-8(2)9(6-10(12)13-3)7-11(14-4)15-5/h9,11H,1,6-7H2,2-5H3/t9-/m1/s1. The fourth-order valence-corrected chi connectivity index (χ4v) is 1.26. The molecule has 0 aliphatic rings. The minimum absolute atomic E-state index is 0.0300. The number of carbonyl (C=O) groups is 1. The first kappa shape index (κ1) is 14.1. The van der Waals surface area contributed by atoms with Crippen LogP contribution < -0.4 is 0 Å². The van der Waals surface area contributed by atoms with Crippen LogP contribution in [0.3, 0.4) is 0 Å². The summed E-state index contributed by atoms with van der Waals surface area (Å²) in [6.07, 6.45) is 0.614. The van der Waals surface area contributed by atoms with Crippen LogP contribution in [0.1, 0.15) is 19.8 Å². The number of rotatable bonds is 7. The molecule has 0 amide bonds. The van der Waals surface area contributed by atoms with Crippen LogP contribution in [0, 0.1) is 5.92 Å². The topological polar surface area (TPSA) is 44.8 Å². The quantitative estimate of drug-likeness (QED) is 0.369. The summed E-state index contributed by atoms with van der Waals surface area (Å²) in [5, 5.41) is 0. The van der Waals surface area contributed by atoms with Gasteiger partial charge in [-0.25, -0.2) is 0 Å². The Bertz CT molecular complexity index is 209. The zero-order valence-corrected chi connectivity index (χ0v) is 9.91.